The van der Waals surface area contributed by atoms with E-state index in [-0.39, 0.29) is 23.5 Å². The lowest BCUT2D eigenvalue weighted by molar-refractivity contribution is -0.122. The SMILES string of the molecule is NC(=O)C1CNCCC1c1cc(Cl)c(Cl)cc1O. The molecule has 98 valence electrons. The Morgan fingerprint density at radius 1 is 1.39 bits per heavy atom. The van der Waals surface area contributed by atoms with Gasteiger partial charge in [0.25, 0.3) is 0 Å². The predicted octanol–water partition coefficient (Wildman–Crippen LogP) is 1.88. The number of nitrogens with one attached hydrogen (secondary N) is 1. The van der Waals surface area contributed by atoms with E-state index < -0.39 is 0 Å². The summed E-state index contributed by atoms with van der Waals surface area (Å²) in [6.07, 6.45) is 0.721. The van der Waals surface area contributed by atoms with Crippen molar-refractivity contribution < 1.29 is 9.90 Å². The molecule has 1 aromatic rings. The van der Waals surface area contributed by atoms with Crippen LogP contribution in [0.25, 0.3) is 0 Å². The molecular formula is C12H14Cl2N2O2. The van der Waals surface area contributed by atoms with E-state index in [0.29, 0.717) is 22.2 Å². The number of piperidine rings is 1. The van der Waals surface area contributed by atoms with E-state index in [1.165, 1.54) is 6.07 Å². The van der Waals surface area contributed by atoms with Crippen molar-refractivity contribution in [1.82, 2.24) is 5.32 Å². The molecular weight excluding hydrogens is 275 g/mol. The number of phenols is 1. The van der Waals surface area contributed by atoms with Gasteiger partial charge in [0, 0.05) is 18.5 Å². The van der Waals surface area contributed by atoms with Crippen molar-refractivity contribution in [1.29, 1.82) is 0 Å². The number of primary amides is 1. The number of aromatic hydroxyl groups is 1. The largest absolute Gasteiger partial charge is 0.508 e. The Kier molecular flexibility index (Phi) is 4.00. The number of benzene rings is 1. The maximum absolute atomic E-state index is 11.4. The molecule has 1 heterocycles. The summed E-state index contributed by atoms with van der Waals surface area (Å²) in [6.45, 7) is 1.29. The quantitative estimate of drug-likeness (QED) is 0.778. The Labute approximate surface area is 115 Å². The molecule has 1 aromatic carbocycles. The Hall–Kier alpha value is -0.970. The van der Waals surface area contributed by atoms with Crippen LogP contribution in [0.5, 0.6) is 5.75 Å². The van der Waals surface area contributed by atoms with Crippen molar-refractivity contribution in [2.75, 3.05) is 13.1 Å². The van der Waals surface area contributed by atoms with Crippen molar-refractivity contribution >= 4 is 29.1 Å². The van der Waals surface area contributed by atoms with Gasteiger partial charge in [-0.05, 0) is 24.6 Å². The molecule has 1 fully saturated rings. The summed E-state index contributed by atoms with van der Waals surface area (Å²) in [6, 6.07) is 3.02. The summed E-state index contributed by atoms with van der Waals surface area (Å²) in [5.41, 5.74) is 6.03. The molecule has 18 heavy (non-hydrogen) atoms. The summed E-state index contributed by atoms with van der Waals surface area (Å²) < 4.78 is 0. The van der Waals surface area contributed by atoms with Gasteiger partial charge < -0.3 is 16.2 Å². The maximum Gasteiger partial charge on any atom is 0.222 e. The Morgan fingerprint density at radius 3 is 2.72 bits per heavy atom. The minimum absolute atomic E-state index is 0.0579. The van der Waals surface area contributed by atoms with Crippen LogP contribution in [-0.2, 0) is 4.79 Å². The third-order valence-corrected chi connectivity index (χ3v) is 4.04. The average molecular weight is 289 g/mol. The van der Waals surface area contributed by atoms with Gasteiger partial charge in [-0.15, -0.1) is 0 Å². The zero-order valence-corrected chi connectivity index (χ0v) is 11.1. The van der Waals surface area contributed by atoms with Crippen LogP contribution in [0.15, 0.2) is 12.1 Å². The van der Waals surface area contributed by atoms with Gasteiger partial charge in [-0.25, -0.2) is 0 Å². The molecule has 1 aliphatic rings. The minimum atomic E-state index is -0.377. The molecule has 0 saturated carbocycles. The molecule has 1 amide bonds. The first-order valence-corrected chi connectivity index (χ1v) is 6.44. The highest BCUT2D eigenvalue weighted by molar-refractivity contribution is 6.42. The molecule has 1 saturated heterocycles. The van der Waals surface area contributed by atoms with Crippen LogP contribution < -0.4 is 11.1 Å². The third kappa shape index (κ3) is 2.55. The molecule has 0 spiro atoms. The summed E-state index contributed by atoms with van der Waals surface area (Å²) in [7, 11) is 0. The first-order valence-electron chi connectivity index (χ1n) is 5.68. The van der Waals surface area contributed by atoms with E-state index in [1.807, 2.05) is 0 Å². The zero-order valence-electron chi connectivity index (χ0n) is 9.62. The maximum atomic E-state index is 11.4. The molecule has 1 aliphatic heterocycles. The fraction of sp³-hybridized carbons (Fsp3) is 0.417. The molecule has 2 rings (SSSR count). The van der Waals surface area contributed by atoms with Gasteiger partial charge in [-0.2, -0.15) is 0 Å². The smallest absolute Gasteiger partial charge is 0.222 e. The highest BCUT2D eigenvalue weighted by atomic mass is 35.5. The molecule has 4 N–H and O–H groups in total. The van der Waals surface area contributed by atoms with Gasteiger partial charge in [0.15, 0.2) is 0 Å². The van der Waals surface area contributed by atoms with Gasteiger partial charge in [-0.3, -0.25) is 4.79 Å². The summed E-state index contributed by atoms with van der Waals surface area (Å²) >= 11 is 11.8. The van der Waals surface area contributed by atoms with Crippen LogP contribution in [0.1, 0.15) is 17.9 Å². The molecule has 6 heteroatoms. The van der Waals surface area contributed by atoms with Crippen molar-refractivity contribution in [2.45, 2.75) is 12.3 Å². The number of carbonyl (C=O) groups excluding carboxylic acids is 1. The number of rotatable bonds is 2. The highest BCUT2D eigenvalue weighted by Crippen LogP contribution is 2.39. The monoisotopic (exact) mass is 288 g/mol. The molecule has 4 nitrogen and oxygen atoms in total. The van der Waals surface area contributed by atoms with Crippen LogP contribution in [0.4, 0.5) is 0 Å². The molecule has 2 unspecified atom stereocenters. The van der Waals surface area contributed by atoms with E-state index in [2.05, 4.69) is 5.32 Å². The van der Waals surface area contributed by atoms with Crippen LogP contribution in [0, 0.1) is 5.92 Å². The van der Waals surface area contributed by atoms with Crippen molar-refractivity contribution in [3.63, 3.8) is 0 Å². The number of hydrogen-bond donors (Lipinski definition) is 3. The second-order valence-corrected chi connectivity index (χ2v) is 5.25. The van der Waals surface area contributed by atoms with E-state index in [4.69, 9.17) is 28.9 Å². The topological polar surface area (TPSA) is 75.4 Å². The lowest BCUT2D eigenvalue weighted by atomic mass is 9.80. The second kappa shape index (κ2) is 5.34. The number of amides is 1. The number of hydrogen-bond acceptors (Lipinski definition) is 3. The van der Waals surface area contributed by atoms with E-state index in [9.17, 15) is 9.90 Å². The Balaban J connectivity index is 2.39. The Bertz CT molecular complexity index is 479. The van der Waals surface area contributed by atoms with Crippen LogP contribution >= 0.6 is 23.2 Å². The van der Waals surface area contributed by atoms with Crippen LogP contribution in [-0.4, -0.2) is 24.1 Å². The standard InChI is InChI=1S/C12H14Cl2N2O2/c13-9-3-7(11(17)4-10(9)14)6-1-2-16-5-8(6)12(15)18/h3-4,6,8,16-17H,1-2,5H2,(H2,15,18). The fourth-order valence-corrected chi connectivity index (χ4v) is 2.71. The Morgan fingerprint density at radius 2 is 2.06 bits per heavy atom. The highest BCUT2D eigenvalue weighted by Gasteiger charge is 2.32. The van der Waals surface area contributed by atoms with Gasteiger partial charge in [0.1, 0.15) is 5.75 Å². The summed E-state index contributed by atoms with van der Waals surface area (Å²) in [5.74, 6) is -0.791. The lowest BCUT2D eigenvalue weighted by Gasteiger charge is -2.30. The van der Waals surface area contributed by atoms with Gasteiger partial charge in [-0.1, -0.05) is 23.2 Å². The van der Waals surface area contributed by atoms with E-state index in [1.54, 1.807) is 6.07 Å². The fourth-order valence-electron chi connectivity index (χ4n) is 2.38. The van der Waals surface area contributed by atoms with Crippen molar-refractivity contribution in [3.8, 4) is 5.75 Å². The summed E-state index contributed by atoms with van der Waals surface area (Å²) in [4.78, 5) is 11.4. The first-order chi connectivity index (χ1) is 8.50. The van der Waals surface area contributed by atoms with E-state index in [0.717, 1.165) is 13.0 Å². The van der Waals surface area contributed by atoms with E-state index >= 15 is 0 Å². The first kappa shape index (κ1) is 13.5. The van der Waals surface area contributed by atoms with Crippen LogP contribution in [0.3, 0.4) is 0 Å². The van der Waals surface area contributed by atoms with Gasteiger partial charge in [0.2, 0.25) is 5.91 Å². The van der Waals surface area contributed by atoms with Gasteiger partial charge in [0.05, 0.1) is 16.0 Å². The molecule has 0 radical (unpaired) electrons. The third-order valence-electron chi connectivity index (χ3n) is 3.32. The zero-order chi connectivity index (χ0) is 13.3. The number of nitrogens with two attached hydrogens (primary N) is 1. The normalized spacial score (nSPS) is 23.9. The van der Waals surface area contributed by atoms with Crippen molar-refractivity contribution in [2.24, 2.45) is 11.7 Å². The number of carbonyl (C=O) groups is 1. The lowest BCUT2D eigenvalue weighted by Crippen LogP contribution is -2.42. The molecule has 0 bridgehead atoms. The van der Waals surface area contributed by atoms with Crippen LogP contribution in [0.2, 0.25) is 10.0 Å². The minimum Gasteiger partial charge on any atom is -0.508 e. The van der Waals surface area contributed by atoms with Gasteiger partial charge >= 0.3 is 0 Å². The number of phenolic OH excluding ortho intramolecular Hbond substituents is 1. The predicted molar refractivity (Wildman–Crippen MR) is 71.0 cm³/mol. The average Bonchev–Trinajstić information content (AvgIpc) is 2.34. The van der Waals surface area contributed by atoms with Crippen molar-refractivity contribution in [3.05, 3.63) is 27.7 Å². The molecule has 0 aliphatic carbocycles. The molecule has 0 aromatic heterocycles. The second-order valence-electron chi connectivity index (χ2n) is 4.43. The number of halogens is 2. The summed E-state index contributed by atoms with van der Waals surface area (Å²) in [5, 5.41) is 13.7. The molecule has 2 atom stereocenters.